The van der Waals surface area contributed by atoms with Crippen LogP contribution >= 0.6 is 0 Å². The van der Waals surface area contributed by atoms with Gasteiger partial charge in [-0.25, -0.2) is 14.2 Å². The van der Waals surface area contributed by atoms with Crippen molar-refractivity contribution in [2.45, 2.75) is 97.1 Å². The number of fused-ring (bicyclic) bond motifs is 8. The maximum absolute atomic E-state index is 14.8. The summed E-state index contributed by atoms with van der Waals surface area (Å²) in [5.74, 6) is 0.561. The molecule has 254 valence electrons. The number of aromatic nitrogens is 3. The normalized spacial score (nSPS) is 21.5. The number of piperidine rings is 1. The maximum Gasteiger partial charge on any atom is 0.339 e. The zero-order chi connectivity index (χ0) is 34.0. The molecule has 0 spiro atoms. The zero-order valence-corrected chi connectivity index (χ0v) is 29.0. The fraction of sp³-hybridized carbons (Fsp3) is 0.500. The minimum Gasteiger partial charge on any atom is -0.485 e. The van der Waals surface area contributed by atoms with Crippen molar-refractivity contribution in [3.63, 3.8) is 0 Å². The lowest BCUT2D eigenvalue weighted by Gasteiger charge is -2.41. The van der Waals surface area contributed by atoms with Crippen molar-refractivity contribution in [2.24, 2.45) is 0 Å². The summed E-state index contributed by atoms with van der Waals surface area (Å²) in [6.45, 7) is 13.7. The van der Waals surface area contributed by atoms with Crippen molar-refractivity contribution < 1.29 is 28.1 Å². The summed E-state index contributed by atoms with van der Waals surface area (Å²) in [6, 6.07) is 11.6. The molecule has 2 aromatic carbocycles. The molecule has 4 aliphatic rings. The van der Waals surface area contributed by atoms with Crippen molar-refractivity contribution in [3.05, 3.63) is 64.6 Å². The number of hydrogen-bond donors (Lipinski definition) is 0. The van der Waals surface area contributed by atoms with Gasteiger partial charge in [0.05, 0.1) is 29.6 Å². The van der Waals surface area contributed by atoms with Crippen LogP contribution in [0.1, 0.15) is 94.4 Å². The smallest absolute Gasteiger partial charge is 0.339 e. The highest BCUT2D eigenvalue weighted by Gasteiger charge is 2.39. The molecule has 2 atom stereocenters. The van der Waals surface area contributed by atoms with Gasteiger partial charge in [-0.15, -0.1) is 0 Å². The van der Waals surface area contributed by atoms with E-state index in [9.17, 15) is 9.18 Å². The SMILES string of the molecule is COC(=O)[C@@H](OC(C)(C)C)c1c(C)nc2cc3nn2c1N1CCC(C)(CC1)OCCCC[C@H]1Oc2cc(F)c(C)cc2-c2cccc-3c21. The average Bonchev–Trinajstić information content (AvgIpc) is 3.46. The molecular formula is C38H45FN4O5. The van der Waals surface area contributed by atoms with Gasteiger partial charge in [-0.3, -0.25) is 0 Å². The average molecular weight is 657 g/mol. The first-order valence-electron chi connectivity index (χ1n) is 17.0. The Morgan fingerprint density at radius 3 is 2.56 bits per heavy atom. The van der Waals surface area contributed by atoms with Gasteiger partial charge in [-0.1, -0.05) is 18.2 Å². The van der Waals surface area contributed by atoms with Gasteiger partial charge in [0.25, 0.3) is 0 Å². The van der Waals surface area contributed by atoms with Crippen molar-refractivity contribution in [1.29, 1.82) is 0 Å². The lowest BCUT2D eigenvalue weighted by Crippen LogP contribution is -2.46. The summed E-state index contributed by atoms with van der Waals surface area (Å²) in [7, 11) is 1.38. The van der Waals surface area contributed by atoms with Crippen LogP contribution in [0.3, 0.4) is 0 Å². The predicted octanol–water partition coefficient (Wildman–Crippen LogP) is 7.84. The molecule has 4 aliphatic heterocycles. The number of aryl methyl sites for hydroxylation is 2. The molecule has 6 heterocycles. The van der Waals surface area contributed by atoms with Crippen LogP contribution in [0.2, 0.25) is 0 Å². The summed E-state index contributed by atoms with van der Waals surface area (Å²) < 4.78 is 41.5. The van der Waals surface area contributed by atoms with Gasteiger partial charge in [0, 0.05) is 54.2 Å². The van der Waals surface area contributed by atoms with Crippen LogP contribution in [0.5, 0.6) is 5.75 Å². The standard InChI is InChI=1S/C38H45FN4O5/c1-22-19-26-24-11-10-12-25-28-21-31-40-23(2)32(34(36(44)45-7)48-37(3,4)5)35(43(31)41-28)42-16-14-38(6,15-17-42)46-18-9-8-13-29(33(24)25)47-30(26)20-27(22)39/h10-12,19-21,29,34H,8-9,13-18H2,1-7H3/t29-,34+/m1/s1. The van der Waals surface area contributed by atoms with E-state index < -0.39 is 17.7 Å². The third-order valence-electron chi connectivity index (χ3n) is 9.91. The number of hydrogen-bond acceptors (Lipinski definition) is 8. The third-order valence-corrected chi connectivity index (χ3v) is 9.91. The molecule has 10 heteroatoms. The van der Waals surface area contributed by atoms with E-state index in [2.05, 4.69) is 24.0 Å². The number of rotatable bonds is 3. The van der Waals surface area contributed by atoms with Gasteiger partial charge in [-0.05, 0) is 90.8 Å². The summed E-state index contributed by atoms with van der Waals surface area (Å²) in [6.07, 6.45) is 2.85. The van der Waals surface area contributed by atoms with Crippen molar-refractivity contribution >= 4 is 17.4 Å². The van der Waals surface area contributed by atoms with Crippen LogP contribution in [0.25, 0.3) is 28.0 Å². The molecule has 4 bridgehead atoms. The van der Waals surface area contributed by atoms with E-state index >= 15 is 0 Å². The van der Waals surface area contributed by atoms with E-state index in [4.69, 9.17) is 29.0 Å². The van der Waals surface area contributed by atoms with E-state index in [0.29, 0.717) is 47.9 Å². The Hall–Kier alpha value is -4.02. The van der Waals surface area contributed by atoms with E-state index in [1.165, 1.54) is 13.2 Å². The number of methoxy groups -OCH3 is 1. The van der Waals surface area contributed by atoms with Gasteiger partial charge >= 0.3 is 5.97 Å². The molecule has 0 amide bonds. The maximum atomic E-state index is 14.8. The van der Waals surface area contributed by atoms with Crippen molar-refractivity contribution in [1.82, 2.24) is 14.6 Å². The van der Waals surface area contributed by atoms with Crippen LogP contribution in [0.15, 0.2) is 36.4 Å². The number of ether oxygens (including phenoxy) is 4. The first-order chi connectivity index (χ1) is 22.9. The largest absolute Gasteiger partial charge is 0.485 e. The number of nitrogens with zero attached hydrogens (tertiary/aromatic N) is 4. The van der Waals surface area contributed by atoms with Gasteiger partial charge in [-0.2, -0.15) is 9.61 Å². The zero-order valence-electron chi connectivity index (χ0n) is 29.0. The van der Waals surface area contributed by atoms with Crippen molar-refractivity contribution in [2.75, 3.05) is 31.7 Å². The van der Waals surface area contributed by atoms with Gasteiger partial charge in [0.15, 0.2) is 11.8 Å². The van der Waals surface area contributed by atoms with E-state index in [0.717, 1.165) is 65.9 Å². The first kappa shape index (κ1) is 32.5. The van der Waals surface area contributed by atoms with E-state index in [1.54, 1.807) is 6.92 Å². The highest BCUT2D eigenvalue weighted by atomic mass is 19.1. The molecular weight excluding hydrogens is 611 g/mol. The van der Waals surface area contributed by atoms with Crippen LogP contribution in [-0.4, -0.2) is 58.6 Å². The fourth-order valence-corrected chi connectivity index (χ4v) is 7.39. The third kappa shape index (κ3) is 5.83. The second kappa shape index (κ2) is 12.1. The first-order valence-corrected chi connectivity index (χ1v) is 17.0. The lowest BCUT2D eigenvalue weighted by atomic mass is 9.86. The number of benzene rings is 2. The van der Waals surface area contributed by atoms with Gasteiger partial charge in [0.2, 0.25) is 0 Å². The molecule has 4 aromatic rings. The van der Waals surface area contributed by atoms with Crippen LogP contribution in [0, 0.1) is 19.7 Å². The number of halogens is 1. The molecule has 0 aliphatic carbocycles. The molecule has 0 unspecified atom stereocenters. The fourth-order valence-electron chi connectivity index (χ4n) is 7.39. The monoisotopic (exact) mass is 656 g/mol. The molecule has 9 nitrogen and oxygen atoms in total. The molecule has 0 saturated carbocycles. The molecule has 8 rings (SSSR count). The molecule has 0 radical (unpaired) electrons. The van der Waals surface area contributed by atoms with Crippen LogP contribution in [0.4, 0.5) is 10.2 Å². The van der Waals surface area contributed by atoms with Crippen LogP contribution in [-0.2, 0) is 19.0 Å². The lowest BCUT2D eigenvalue weighted by molar-refractivity contribution is -0.164. The Bertz CT molecular complexity index is 1890. The number of esters is 1. The summed E-state index contributed by atoms with van der Waals surface area (Å²) in [5, 5.41) is 5.24. The second-order valence-corrected chi connectivity index (χ2v) is 14.6. The highest BCUT2D eigenvalue weighted by Crippen LogP contribution is 2.49. The Balaban J connectivity index is 1.48. The second-order valence-electron chi connectivity index (χ2n) is 14.6. The Labute approximate surface area is 281 Å². The predicted molar refractivity (Wildman–Crippen MR) is 182 cm³/mol. The number of anilines is 1. The molecule has 1 saturated heterocycles. The molecule has 1 fully saturated rings. The van der Waals surface area contributed by atoms with Crippen LogP contribution < -0.4 is 9.64 Å². The topological polar surface area (TPSA) is 87.4 Å². The highest BCUT2D eigenvalue weighted by molar-refractivity contribution is 5.84. The summed E-state index contributed by atoms with van der Waals surface area (Å²) in [5.41, 5.74) is 6.25. The molecule has 2 aromatic heterocycles. The minimum atomic E-state index is -1.01. The number of carbonyl (C=O) groups excluding carboxylic acids is 1. The molecule has 0 N–H and O–H groups in total. The van der Waals surface area contributed by atoms with E-state index in [-0.39, 0.29) is 17.5 Å². The Morgan fingerprint density at radius 1 is 1.08 bits per heavy atom. The Morgan fingerprint density at radius 2 is 1.83 bits per heavy atom. The van der Waals surface area contributed by atoms with Crippen molar-refractivity contribution in [3.8, 4) is 28.1 Å². The quantitative estimate of drug-likeness (QED) is 0.206. The minimum absolute atomic E-state index is 0.275. The summed E-state index contributed by atoms with van der Waals surface area (Å²) in [4.78, 5) is 20.7. The van der Waals surface area contributed by atoms with E-state index in [1.807, 2.05) is 50.4 Å². The van der Waals surface area contributed by atoms with Gasteiger partial charge in [0.1, 0.15) is 23.5 Å². The van der Waals surface area contributed by atoms with Gasteiger partial charge < -0.3 is 23.8 Å². The molecule has 48 heavy (non-hydrogen) atoms. The number of carbonyl (C=O) groups is 1. The Kier molecular flexibility index (Phi) is 8.23. The summed E-state index contributed by atoms with van der Waals surface area (Å²) >= 11 is 0.